The van der Waals surface area contributed by atoms with Crippen molar-refractivity contribution in [3.05, 3.63) is 221 Å². The molecule has 276 valence electrons. The van der Waals surface area contributed by atoms with Crippen LogP contribution in [-0.4, -0.2) is 5.71 Å². The van der Waals surface area contributed by atoms with Crippen LogP contribution in [0, 0.1) is 32.6 Å². The second kappa shape index (κ2) is 17.9. The standard InChI is InChI=1S/C29H24N2.C22H24N.Ir/c1-22-13-9-11-19-26(22)28-29(27-20-12-10-14-23(27)2)31(25-17-7-4-8-18-25)21-30(28)24-15-5-3-6-16-24;1-15(2)18-11-8-12-19(16(3)4)21(18)20-13-14-23-22(20)17-9-6-5-7-10-17;/h3-17,19-21H,1-2H3;5-9,11-16,20H,1-4H3;/q-2;-1;+3. The molecule has 1 atom stereocenters. The third-order valence-electron chi connectivity index (χ3n) is 10.2. The fraction of sp³-hybridized carbons (Fsp3) is 0.176. The minimum atomic E-state index is 0. The minimum Gasteiger partial charge on any atom is -0.493 e. The first kappa shape index (κ1) is 39.4. The fourth-order valence-corrected chi connectivity index (χ4v) is 7.52. The molecule has 55 heavy (non-hydrogen) atoms. The average Bonchev–Trinajstić information content (AvgIpc) is 3.85. The van der Waals surface area contributed by atoms with Crippen LogP contribution in [0.2, 0.25) is 0 Å². The molecule has 0 fully saturated rings. The van der Waals surface area contributed by atoms with Gasteiger partial charge in [-0.1, -0.05) is 119 Å². The topological polar surface area (TPSA) is 18.8 Å². The van der Waals surface area contributed by atoms with Crippen molar-refractivity contribution in [3.63, 3.8) is 0 Å². The van der Waals surface area contributed by atoms with Crippen LogP contribution in [-0.2, 0) is 20.1 Å². The molecular formula is C51H48IrN3. The molecule has 2 heterocycles. The van der Waals surface area contributed by atoms with Crippen LogP contribution in [0.5, 0.6) is 0 Å². The van der Waals surface area contributed by atoms with Gasteiger partial charge in [-0.3, -0.25) is 0 Å². The predicted octanol–water partition coefficient (Wildman–Crippen LogP) is 12.9. The Balaban J connectivity index is 0.000000192. The van der Waals surface area contributed by atoms with Gasteiger partial charge >= 0.3 is 20.1 Å². The van der Waals surface area contributed by atoms with Gasteiger partial charge in [-0.2, -0.15) is 30.3 Å². The summed E-state index contributed by atoms with van der Waals surface area (Å²) in [5.74, 6) is 1.22. The normalized spacial score (nSPS) is 14.9. The van der Waals surface area contributed by atoms with E-state index in [1.165, 1.54) is 50.3 Å². The van der Waals surface area contributed by atoms with Gasteiger partial charge in [-0.25, -0.2) is 0 Å². The van der Waals surface area contributed by atoms with Gasteiger partial charge in [0.2, 0.25) is 0 Å². The molecule has 0 aliphatic carbocycles. The first-order valence-corrected chi connectivity index (χ1v) is 19.0. The van der Waals surface area contributed by atoms with E-state index in [4.69, 9.17) is 0 Å². The van der Waals surface area contributed by atoms with Crippen molar-refractivity contribution in [1.82, 2.24) is 0 Å². The van der Waals surface area contributed by atoms with Gasteiger partial charge in [0.15, 0.2) is 0 Å². The van der Waals surface area contributed by atoms with Gasteiger partial charge in [0.25, 0.3) is 0 Å². The van der Waals surface area contributed by atoms with Crippen molar-refractivity contribution in [3.8, 4) is 0 Å². The third kappa shape index (κ3) is 8.37. The Hall–Kier alpha value is -5.28. The Labute approximate surface area is 342 Å². The zero-order chi connectivity index (χ0) is 37.6. The number of nitrogens with zero attached hydrogens (tertiary/aromatic N) is 3. The van der Waals surface area contributed by atoms with E-state index in [1.54, 1.807) is 0 Å². The second-order valence-corrected chi connectivity index (χ2v) is 14.5. The second-order valence-electron chi connectivity index (χ2n) is 14.5. The summed E-state index contributed by atoms with van der Waals surface area (Å²) >= 11 is 0. The molecule has 0 radical (unpaired) electrons. The van der Waals surface area contributed by atoms with Gasteiger partial charge in [0.1, 0.15) is 0 Å². The Morgan fingerprint density at radius 1 is 0.582 bits per heavy atom. The van der Waals surface area contributed by atoms with Crippen LogP contribution in [0.4, 0.5) is 11.4 Å². The number of anilines is 2. The smallest absolute Gasteiger partial charge is 0.493 e. The van der Waals surface area contributed by atoms with Gasteiger partial charge < -0.3 is 14.8 Å². The summed E-state index contributed by atoms with van der Waals surface area (Å²) in [5.41, 5.74) is 15.9. The van der Waals surface area contributed by atoms with Crippen LogP contribution in [0.25, 0.3) is 11.4 Å². The molecule has 0 saturated carbocycles. The van der Waals surface area contributed by atoms with Crippen LogP contribution >= 0.6 is 0 Å². The zero-order valence-corrected chi connectivity index (χ0v) is 34.9. The number of aliphatic imine (C=N–C) groups is 1. The molecular weight excluding hydrogens is 847 g/mol. The quantitative estimate of drug-likeness (QED) is 0.142. The predicted molar refractivity (Wildman–Crippen MR) is 228 cm³/mol. The molecule has 6 aromatic carbocycles. The van der Waals surface area contributed by atoms with E-state index in [0.717, 1.165) is 22.6 Å². The molecule has 3 nitrogen and oxygen atoms in total. The molecule has 1 unspecified atom stereocenters. The average molecular weight is 895 g/mol. The molecule has 4 heteroatoms. The summed E-state index contributed by atoms with van der Waals surface area (Å²) in [5, 5.41) is 0. The van der Waals surface area contributed by atoms with Crippen molar-refractivity contribution in [2.45, 2.75) is 59.3 Å². The van der Waals surface area contributed by atoms with E-state index >= 15 is 0 Å². The number of hydrogen-bond acceptors (Lipinski definition) is 3. The molecule has 0 amide bonds. The van der Waals surface area contributed by atoms with E-state index in [1.807, 2.05) is 30.5 Å². The number of aryl methyl sites for hydroxylation is 2. The Morgan fingerprint density at radius 3 is 1.67 bits per heavy atom. The SMILES string of the molecule is CC(C)c1cccc(C(C)C)c1C1C=CN=C1c1[c-]cccc1.Cc1ccccc1C1=C(c2ccccc2C)N(c2ccccc2)[CH-]N1c1[c-]cccc1.[Ir+3]. The van der Waals surface area contributed by atoms with Crippen LogP contribution in [0.3, 0.4) is 0 Å². The molecule has 0 spiro atoms. The maximum atomic E-state index is 4.67. The summed E-state index contributed by atoms with van der Waals surface area (Å²) in [7, 11) is 0. The Bertz CT molecular complexity index is 2160. The first-order chi connectivity index (χ1) is 26.3. The van der Waals surface area contributed by atoms with E-state index in [9.17, 15) is 0 Å². The van der Waals surface area contributed by atoms with Gasteiger partial charge in [0, 0.05) is 40.3 Å². The molecule has 0 N–H and O–H groups in total. The Morgan fingerprint density at radius 2 is 1.13 bits per heavy atom. The first-order valence-electron chi connectivity index (χ1n) is 19.0. The number of hydrogen-bond donors (Lipinski definition) is 0. The molecule has 0 saturated heterocycles. The molecule has 0 bridgehead atoms. The van der Waals surface area contributed by atoms with Gasteiger partial charge in [-0.05, 0) is 71.3 Å². The molecule has 2 aliphatic heterocycles. The summed E-state index contributed by atoms with van der Waals surface area (Å²) in [6.45, 7) is 15.6. The van der Waals surface area contributed by atoms with Crippen LogP contribution < -0.4 is 9.80 Å². The number of para-hydroxylation sites is 2. The summed E-state index contributed by atoms with van der Waals surface area (Å²) < 4.78 is 0. The number of benzene rings is 6. The molecule has 8 rings (SSSR count). The third-order valence-corrected chi connectivity index (χ3v) is 10.2. The van der Waals surface area contributed by atoms with Gasteiger partial charge in [-0.15, -0.1) is 48.3 Å². The van der Waals surface area contributed by atoms with Crippen LogP contribution in [0.1, 0.15) is 90.0 Å². The van der Waals surface area contributed by atoms with E-state index in [2.05, 4.69) is 203 Å². The maximum Gasteiger partial charge on any atom is 3.00 e. The maximum absolute atomic E-state index is 4.67. The van der Waals surface area contributed by atoms with Crippen molar-refractivity contribution in [2.24, 2.45) is 4.99 Å². The van der Waals surface area contributed by atoms with Crippen molar-refractivity contribution in [2.75, 3.05) is 9.80 Å². The molecule has 2 aliphatic rings. The Kier molecular flexibility index (Phi) is 12.8. The van der Waals surface area contributed by atoms with Gasteiger partial charge in [0.05, 0.1) is 0 Å². The number of rotatable bonds is 8. The summed E-state index contributed by atoms with van der Waals surface area (Å²) in [6, 6.07) is 57.5. The van der Waals surface area contributed by atoms with E-state index < -0.39 is 0 Å². The largest absolute Gasteiger partial charge is 3.00 e. The van der Waals surface area contributed by atoms with Crippen molar-refractivity contribution >= 4 is 28.5 Å². The summed E-state index contributed by atoms with van der Waals surface area (Å²) in [6.07, 6.45) is 4.17. The fourth-order valence-electron chi connectivity index (χ4n) is 7.52. The van der Waals surface area contributed by atoms with E-state index in [0.29, 0.717) is 11.8 Å². The number of allylic oxidation sites excluding steroid dienone is 1. The molecule has 6 aromatic rings. The van der Waals surface area contributed by atoms with Crippen molar-refractivity contribution in [1.29, 1.82) is 0 Å². The van der Waals surface area contributed by atoms with Crippen LogP contribution in [0.15, 0.2) is 163 Å². The monoisotopic (exact) mass is 895 g/mol. The molecule has 0 aromatic heterocycles. The minimum absolute atomic E-state index is 0. The van der Waals surface area contributed by atoms with E-state index in [-0.39, 0.29) is 26.0 Å². The summed E-state index contributed by atoms with van der Waals surface area (Å²) in [4.78, 5) is 9.23. The zero-order valence-electron chi connectivity index (χ0n) is 32.5. The van der Waals surface area contributed by atoms with Crippen molar-refractivity contribution < 1.29 is 20.1 Å².